The third-order valence-corrected chi connectivity index (χ3v) is 4.35. The number of ether oxygens (including phenoxy) is 1. The van der Waals surface area contributed by atoms with Crippen LogP contribution < -0.4 is 5.32 Å². The minimum absolute atomic E-state index is 0.117. The van der Waals surface area contributed by atoms with Gasteiger partial charge in [-0.15, -0.1) is 0 Å². The van der Waals surface area contributed by atoms with Gasteiger partial charge in [0.1, 0.15) is 5.60 Å². The molecule has 0 aromatic heterocycles. The smallest absolute Gasteiger partial charge is 0.286 e. The Hall–Kier alpha value is -2.59. The molecule has 1 amide bonds. The van der Waals surface area contributed by atoms with E-state index in [0.29, 0.717) is 18.8 Å². The van der Waals surface area contributed by atoms with E-state index in [4.69, 9.17) is 4.74 Å². The predicted octanol–water partition coefficient (Wildman–Crippen LogP) is 2.93. The Morgan fingerprint density at radius 1 is 1.08 bits per heavy atom. The molecule has 130 valence electrons. The lowest BCUT2D eigenvalue weighted by molar-refractivity contribution is -0.122. The van der Waals surface area contributed by atoms with Crippen LogP contribution in [-0.4, -0.2) is 24.2 Å². The molecule has 2 aromatic rings. The van der Waals surface area contributed by atoms with Gasteiger partial charge < -0.3 is 15.2 Å². The molecule has 0 fully saturated rings. The quantitative estimate of drug-likeness (QED) is 0.852. The monoisotopic (exact) mass is 337 g/mol. The summed E-state index contributed by atoms with van der Waals surface area (Å²) in [6.07, 6.45) is 3.99. The molecule has 4 nitrogen and oxygen atoms in total. The molecule has 25 heavy (non-hydrogen) atoms. The van der Waals surface area contributed by atoms with Gasteiger partial charge in [-0.05, 0) is 30.0 Å². The second-order valence-corrected chi connectivity index (χ2v) is 6.30. The van der Waals surface area contributed by atoms with E-state index in [1.54, 1.807) is 6.08 Å². The van der Waals surface area contributed by atoms with Crippen LogP contribution in [0.2, 0.25) is 0 Å². The van der Waals surface area contributed by atoms with Gasteiger partial charge in [0, 0.05) is 6.42 Å². The molecule has 0 spiro atoms. The number of carbonyl (C=O) groups is 1. The molecule has 3 rings (SSSR count). The summed E-state index contributed by atoms with van der Waals surface area (Å²) in [6.45, 7) is 0.678. The Morgan fingerprint density at radius 2 is 1.76 bits per heavy atom. The first kappa shape index (κ1) is 17.2. The van der Waals surface area contributed by atoms with Crippen LogP contribution in [0, 0.1) is 0 Å². The number of rotatable bonds is 6. The zero-order valence-corrected chi connectivity index (χ0v) is 14.2. The van der Waals surface area contributed by atoms with Crippen molar-refractivity contribution in [2.45, 2.75) is 24.9 Å². The highest BCUT2D eigenvalue weighted by atomic mass is 16.5. The topological polar surface area (TPSA) is 58.6 Å². The third kappa shape index (κ3) is 4.48. The second-order valence-electron chi connectivity index (χ2n) is 6.30. The minimum atomic E-state index is -1.19. The average molecular weight is 337 g/mol. The van der Waals surface area contributed by atoms with Crippen LogP contribution in [0.5, 0.6) is 0 Å². The predicted molar refractivity (Wildman–Crippen MR) is 96.8 cm³/mol. The molecule has 1 aliphatic rings. The highest BCUT2D eigenvalue weighted by molar-refractivity contribution is 5.91. The van der Waals surface area contributed by atoms with E-state index >= 15 is 0 Å². The van der Waals surface area contributed by atoms with Crippen molar-refractivity contribution in [1.82, 2.24) is 5.32 Å². The van der Waals surface area contributed by atoms with Gasteiger partial charge in [0.25, 0.3) is 5.91 Å². The van der Waals surface area contributed by atoms with Gasteiger partial charge in [-0.1, -0.05) is 60.7 Å². The van der Waals surface area contributed by atoms with E-state index in [-0.39, 0.29) is 12.5 Å². The Labute approximate surface area is 148 Å². The van der Waals surface area contributed by atoms with Gasteiger partial charge in [-0.2, -0.15) is 0 Å². The fraction of sp³-hybridized carbons (Fsp3) is 0.286. The lowest BCUT2D eigenvalue weighted by Gasteiger charge is -2.29. The normalized spacial score (nSPS) is 16.3. The molecule has 1 aliphatic heterocycles. The number of benzene rings is 2. The number of hydrogen-bond acceptors (Lipinski definition) is 3. The van der Waals surface area contributed by atoms with Crippen LogP contribution in [0.15, 0.2) is 72.5 Å². The Bertz CT molecular complexity index is 727. The number of allylic oxidation sites excluding steroid dienone is 1. The summed E-state index contributed by atoms with van der Waals surface area (Å²) >= 11 is 0. The summed E-state index contributed by atoms with van der Waals surface area (Å²) in [6, 6.07) is 19.2. The zero-order valence-electron chi connectivity index (χ0n) is 14.2. The van der Waals surface area contributed by atoms with Gasteiger partial charge >= 0.3 is 0 Å². The summed E-state index contributed by atoms with van der Waals surface area (Å²) in [7, 11) is 0. The fourth-order valence-corrected chi connectivity index (χ4v) is 2.98. The maximum atomic E-state index is 12.3. The van der Waals surface area contributed by atoms with Crippen LogP contribution >= 0.6 is 0 Å². The molecule has 0 bridgehead atoms. The van der Waals surface area contributed by atoms with Crippen molar-refractivity contribution >= 4 is 5.91 Å². The first-order chi connectivity index (χ1) is 12.2. The molecular formula is C21H23NO3. The van der Waals surface area contributed by atoms with E-state index in [1.165, 1.54) is 0 Å². The van der Waals surface area contributed by atoms with Crippen LogP contribution in [-0.2, 0) is 21.6 Å². The molecule has 2 N–H and O–H groups in total. The molecule has 2 aromatic carbocycles. The van der Waals surface area contributed by atoms with Gasteiger partial charge in [0.05, 0.1) is 13.2 Å². The van der Waals surface area contributed by atoms with Crippen LogP contribution in [0.25, 0.3) is 0 Å². The molecule has 0 saturated heterocycles. The SMILES string of the molecule is O=C(NCC(O)(Cc1ccccc1)c1ccccc1)C1=CCCCO1. The summed E-state index contributed by atoms with van der Waals surface area (Å²) in [5.41, 5.74) is 0.599. The Balaban J connectivity index is 1.77. The van der Waals surface area contributed by atoms with Crippen molar-refractivity contribution in [3.05, 3.63) is 83.6 Å². The van der Waals surface area contributed by atoms with Crippen LogP contribution in [0.4, 0.5) is 0 Å². The summed E-state index contributed by atoms with van der Waals surface area (Å²) in [4.78, 5) is 12.3. The number of carbonyl (C=O) groups excluding carboxylic acids is 1. The fourth-order valence-electron chi connectivity index (χ4n) is 2.98. The average Bonchev–Trinajstić information content (AvgIpc) is 2.68. The zero-order chi connectivity index (χ0) is 17.5. The number of amides is 1. The van der Waals surface area contributed by atoms with E-state index in [1.807, 2.05) is 60.7 Å². The van der Waals surface area contributed by atoms with Crippen molar-refractivity contribution in [2.75, 3.05) is 13.2 Å². The maximum absolute atomic E-state index is 12.3. The first-order valence-corrected chi connectivity index (χ1v) is 8.60. The minimum Gasteiger partial charge on any atom is -0.488 e. The number of nitrogens with one attached hydrogen (secondary N) is 1. The summed E-state index contributed by atoms with van der Waals surface area (Å²) in [5, 5.41) is 14.1. The van der Waals surface area contributed by atoms with E-state index in [9.17, 15) is 9.90 Å². The van der Waals surface area contributed by atoms with E-state index in [0.717, 1.165) is 24.0 Å². The Kier molecular flexibility index (Phi) is 5.51. The second kappa shape index (κ2) is 7.99. The van der Waals surface area contributed by atoms with Crippen molar-refractivity contribution in [2.24, 2.45) is 0 Å². The highest BCUT2D eigenvalue weighted by Crippen LogP contribution is 2.25. The highest BCUT2D eigenvalue weighted by Gasteiger charge is 2.30. The molecular weight excluding hydrogens is 314 g/mol. The van der Waals surface area contributed by atoms with Gasteiger partial charge in [-0.3, -0.25) is 4.79 Å². The standard InChI is InChI=1S/C21H23NO3/c23-20(19-13-7-8-14-25-19)22-16-21(24,18-11-5-2-6-12-18)15-17-9-3-1-4-10-17/h1-6,9-13,24H,7-8,14-16H2,(H,22,23). The number of hydrogen-bond donors (Lipinski definition) is 2. The summed E-state index contributed by atoms with van der Waals surface area (Å²) in [5.74, 6) is 0.0727. The lowest BCUT2D eigenvalue weighted by Crippen LogP contribution is -2.43. The maximum Gasteiger partial charge on any atom is 0.286 e. The van der Waals surface area contributed by atoms with Gasteiger partial charge in [0.2, 0.25) is 0 Å². The molecule has 0 aliphatic carbocycles. The van der Waals surface area contributed by atoms with Gasteiger partial charge in [0.15, 0.2) is 5.76 Å². The molecule has 0 radical (unpaired) electrons. The Morgan fingerprint density at radius 3 is 2.40 bits per heavy atom. The van der Waals surface area contributed by atoms with E-state index < -0.39 is 5.60 Å². The van der Waals surface area contributed by atoms with Crippen molar-refractivity contribution < 1.29 is 14.6 Å². The molecule has 4 heteroatoms. The largest absolute Gasteiger partial charge is 0.488 e. The van der Waals surface area contributed by atoms with Crippen molar-refractivity contribution in [3.63, 3.8) is 0 Å². The lowest BCUT2D eigenvalue weighted by atomic mass is 9.87. The van der Waals surface area contributed by atoms with Crippen LogP contribution in [0.1, 0.15) is 24.0 Å². The third-order valence-electron chi connectivity index (χ3n) is 4.35. The molecule has 0 saturated carbocycles. The number of aliphatic hydroxyl groups is 1. The van der Waals surface area contributed by atoms with Crippen LogP contribution in [0.3, 0.4) is 0 Å². The van der Waals surface area contributed by atoms with E-state index in [2.05, 4.69) is 5.32 Å². The molecule has 1 unspecified atom stereocenters. The van der Waals surface area contributed by atoms with Crippen molar-refractivity contribution in [3.8, 4) is 0 Å². The van der Waals surface area contributed by atoms with Crippen molar-refractivity contribution in [1.29, 1.82) is 0 Å². The molecule has 1 heterocycles. The first-order valence-electron chi connectivity index (χ1n) is 8.60. The molecule has 1 atom stereocenters. The van der Waals surface area contributed by atoms with Gasteiger partial charge in [-0.25, -0.2) is 0 Å². The summed E-state index contributed by atoms with van der Waals surface area (Å²) < 4.78 is 5.40.